The zero-order valence-corrected chi connectivity index (χ0v) is 13.9. The van der Waals surface area contributed by atoms with Crippen LogP contribution in [0.1, 0.15) is 11.1 Å². The van der Waals surface area contributed by atoms with Gasteiger partial charge in [-0.25, -0.2) is 0 Å². The average molecular weight is 333 g/mol. The lowest BCUT2D eigenvalue weighted by Gasteiger charge is -2.04. The Labute approximate surface area is 143 Å². The Bertz CT molecular complexity index is 981. The van der Waals surface area contributed by atoms with Crippen molar-refractivity contribution in [1.82, 2.24) is 24.8 Å². The lowest BCUT2D eigenvalue weighted by Crippen LogP contribution is -1.97. The molecule has 0 N–H and O–H groups in total. The number of hydrogen-bond acceptors (Lipinski definition) is 5. The third kappa shape index (κ3) is 2.88. The molecule has 0 aliphatic carbocycles. The lowest BCUT2D eigenvalue weighted by molar-refractivity contribution is 0.811. The summed E-state index contributed by atoms with van der Waals surface area (Å²) in [5.74, 6) is 0.836. The zero-order valence-electron chi connectivity index (χ0n) is 13.1. The molecule has 6 heteroatoms. The predicted molar refractivity (Wildman–Crippen MR) is 94.8 cm³/mol. The van der Waals surface area contributed by atoms with E-state index in [-0.39, 0.29) is 0 Å². The molecule has 0 aliphatic rings. The third-order valence-corrected chi connectivity index (χ3v) is 4.75. The minimum Gasteiger partial charge on any atom is -0.255 e. The fraction of sp³-hybridized carbons (Fsp3) is 0.111. The summed E-state index contributed by atoms with van der Waals surface area (Å²) >= 11 is 1.63. The zero-order chi connectivity index (χ0) is 16.4. The van der Waals surface area contributed by atoms with Gasteiger partial charge >= 0.3 is 0 Å². The summed E-state index contributed by atoms with van der Waals surface area (Å²) in [5.41, 5.74) is 4.95. The molecule has 0 amide bonds. The molecule has 0 unspecified atom stereocenters. The number of benzene rings is 1. The second-order valence-electron chi connectivity index (χ2n) is 5.40. The highest BCUT2D eigenvalue weighted by atomic mass is 32.2. The van der Waals surface area contributed by atoms with Gasteiger partial charge in [0.1, 0.15) is 5.69 Å². The summed E-state index contributed by atoms with van der Waals surface area (Å²) in [6, 6.07) is 18.0. The molecule has 0 atom stereocenters. The van der Waals surface area contributed by atoms with Crippen molar-refractivity contribution in [3.05, 3.63) is 71.9 Å². The fourth-order valence-corrected chi connectivity index (χ4v) is 3.39. The summed E-state index contributed by atoms with van der Waals surface area (Å²) in [7, 11) is 0. The van der Waals surface area contributed by atoms with Gasteiger partial charge in [-0.05, 0) is 42.3 Å². The number of fused-ring (bicyclic) bond motifs is 1. The van der Waals surface area contributed by atoms with Gasteiger partial charge in [0.15, 0.2) is 5.65 Å². The summed E-state index contributed by atoms with van der Waals surface area (Å²) in [4.78, 5) is 4.35. The van der Waals surface area contributed by atoms with Crippen LogP contribution in [0, 0.1) is 6.92 Å². The van der Waals surface area contributed by atoms with Crippen LogP contribution in [0.25, 0.3) is 17.0 Å². The van der Waals surface area contributed by atoms with Crippen molar-refractivity contribution >= 4 is 17.4 Å². The van der Waals surface area contributed by atoms with Crippen LogP contribution in [0.5, 0.6) is 0 Å². The molecular weight excluding hydrogens is 318 g/mol. The van der Waals surface area contributed by atoms with Crippen molar-refractivity contribution < 1.29 is 0 Å². The number of aromatic nitrogens is 5. The highest BCUT2D eigenvalue weighted by Crippen LogP contribution is 2.24. The van der Waals surface area contributed by atoms with E-state index in [9.17, 15) is 0 Å². The number of rotatable bonds is 4. The van der Waals surface area contributed by atoms with Crippen LogP contribution >= 0.6 is 11.8 Å². The van der Waals surface area contributed by atoms with Gasteiger partial charge in [0.2, 0.25) is 5.16 Å². The first-order valence-corrected chi connectivity index (χ1v) is 8.61. The molecule has 4 rings (SSSR count). The maximum atomic E-state index is 4.65. The van der Waals surface area contributed by atoms with E-state index in [2.05, 4.69) is 51.5 Å². The van der Waals surface area contributed by atoms with Crippen LogP contribution in [0.2, 0.25) is 0 Å². The van der Waals surface area contributed by atoms with Crippen molar-refractivity contribution in [2.24, 2.45) is 0 Å². The van der Waals surface area contributed by atoms with Gasteiger partial charge in [0.25, 0.3) is 0 Å². The Hall–Kier alpha value is -2.73. The highest BCUT2D eigenvalue weighted by molar-refractivity contribution is 7.98. The Morgan fingerprint density at radius 1 is 0.917 bits per heavy atom. The van der Waals surface area contributed by atoms with Gasteiger partial charge < -0.3 is 0 Å². The van der Waals surface area contributed by atoms with Crippen LogP contribution in [-0.2, 0) is 5.75 Å². The van der Waals surface area contributed by atoms with E-state index in [0.29, 0.717) is 0 Å². The molecule has 0 spiro atoms. The Balaban J connectivity index is 1.65. The maximum absolute atomic E-state index is 4.65. The first-order valence-electron chi connectivity index (χ1n) is 7.62. The van der Waals surface area contributed by atoms with E-state index in [4.69, 9.17) is 0 Å². The normalized spacial score (nSPS) is 11.0. The molecule has 118 valence electrons. The molecule has 0 bridgehead atoms. The second kappa shape index (κ2) is 6.41. The maximum Gasteiger partial charge on any atom is 0.212 e. The number of thioether (sulfide) groups is 1. The summed E-state index contributed by atoms with van der Waals surface area (Å²) < 4.78 is 1.78. The van der Waals surface area contributed by atoms with E-state index in [1.165, 1.54) is 11.1 Å². The molecule has 0 radical (unpaired) electrons. The molecule has 3 heterocycles. The van der Waals surface area contributed by atoms with Crippen molar-refractivity contribution in [3.63, 3.8) is 0 Å². The largest absolute Gasteiger partial charge is 0.255 e. The van der Waals surface area contributed by atoms with Crippen molar-refractivity contribution in [2.45, 2.75) is 17.8 Å². The van der Waals surface area contributed by atoms with Gasteiger partial charge in [-0.1, -0.05) is 42.1 Å². The van der Waals surface area contributed by atoms with Crippen LogP contribution in [0.4, 0.5) is 0 Å². The summed E-state index contributed by atoms with van der Waals surface area (Å²) in [6.07, 6.45) is 1.77. The van der Waals surface area contributed by atoms with Crippen LogP contribution < -0.4 is 0 Å². The van der Waals surface area contributed by atoms with Gasteiger partial charge in [-0.3, -0.25) is 4.98 Å². The van der Waals surface area contributed by atoms with Crippen LogP contribution in [0.3, 0.4) is 0 Å². The second-order valence-corrected chi connectivity index (χ2v) is 6.34. The van der Waals surface area contributed by atoms with Crippen molar-refractivity contribution in [3.8, 4) is 11.4 Å². The van der Waals surface area contributed by atoms with Gasteiger partial charge in [0, 0.05) is 11.9 Å². The number of aryl methyl sites for hydroxylation is 1. The minimum absolute atomic E-state index is 0.738. The Morgan fingerprint density at radius 2 is 1.79 bits per heavy atom. The third-order valence-electron chi connectivity index (χ3n) is 3.78. The number of hydrogen-bond donors (Lipinski definition) is 0. The lowest BCUT2D eigenvalue weighted by atomic mass is 10.1. The van der Waals surface area contributed by atoms with E-state index >= 15 is 0 Å². The minimum atomic E-state index is 0.738. The molecule has 4 aromatic rings. The average Bonchev–Trinajstić information content (AvgIpc) is 3.04. The molecule has 5 nitrogen and oxygen atoms in total. The van der Waals surface area contributed by atoms with Crippen LogP contribution in [-0.4, -0.2) is 24.8 Å². The number of nitrogens with zero attached hydrogens (tertiary/aromatic N) is 5. The predicted octanol–water partition coefficient (Wildman–Crippen LogP) is 3.79. The summed E-state index contributed by atoms with van der Waals surface area (Å²) in [6.45, 7) is 2.12. The highest BCUT2D eigenvalue weighted by Gasteiger charge is 2.10. The molecule has 3 aromatic heterocycles. The Kier molecular flexibility index (Phi) is 3.96. The summed E-state index contributed by atoms with van der Waals surface area (Å²) in [5, 5.41) is 13.9. The topological polar surface area (TPSA) is 56.0 Å². The fourth-order valence-electron chi connectivity index (χ4n) is 2.42. The molecule has 0 saturated heterocycles. The van der Waals surface area contributed by atoms with Crippen molar-refractivity contribution in [1.29, 1.82) is 0 Å². The quantitative estimate of drug-likeness (QED) is 0.532. The smallest absolute Gasteiger partial charge is 0.212 e. The standard InChI is InChI=1S/C18H15N5S/c1-13-6-2-3-7-14(13)12-24-18-21-20-17-10-9-16(22-23(17)18)15-8-4-5-11-19-15/h2-11H,12H2,1H3. The van der Waals surface area contributed by atoms with Crippen molar-refractivity contribution in [2.75, 3.05) is 0 Å². The monoisotopic (exact) mass is 333 g/mol. The number of pyridine rings is 1. The first kappa shape index (κ1) is 14.8. The van der Waals surface area contributed by atoms with E-state index < -0.39 is 0 Å². The molecule has 1 aromatic carbocycles. The molecular formula is C18H15N5S. The molecule has 24 heavy (non-hydrogen) atoms. The molecule has 0 fully saturated rings. The SMILES string of the molecule is Cc1ccccc1CSc1nnc2ccc(-c3ccccn3)nn12. The van der Waals surface area contributed by atoms with E-state index in [1.54, 1.807) is 22.5 Å². The van der Waals surface area contributed by atoms with Gasteiger partial charge in [-0.15, -0.1) is 10.2 Å². The first-order chi connectivity index (χ1) is 11.8. The van der Waals surface area contributed by atoms with Gasteiger partial charge in [-0.2, -0.15) is 9.61 Å². The Morgan fingerprint density at radius 3 is 2.62 bits per heavy atom. The van der Waals surface area contributed by atoms with Crippen LogP contribution in [0.15, 0.2) is 66.0 Å². The molecule has 0 aliphatic heterocycles. The van der Waals surface area contributed by atoms with E-state index in [1.807, 2.05) is 30.3 Å². The van der Waals surface area contributed by atoms with Gasteiger partial charge in [0.05, 0.1) is 5.69 Å². The molecule has 0 saturated carbocycles. The van der Waals surface area contributed by atoms with E-state index in [0.717, 1.165) is 27.9 Å².